The maximum Gasteiger partial charge on any atom is 0.0813 e. The van der Waals surface area contributed by atoms with Crippen molar-refractivity contribution in [2.24, 2.45) is 0 Å². The first-order valence-corrected chi connectivity index (χ1v) is 7.78. The molecule has 0 amide bonds. The van der Waals surface area contributed by atoms with Gasteiger partial charge in [0.1, 0.15) is 0 Å². The normalized spacial score (nSPS) is 13.0. The monoisotopic (exact) mass is 298 g/mol. The van der Waals surface area contributed by atoms with Crippen molar-refractivity contribution in [1.29, 1.82) is 0 Å². The van der Waals surface area contributed by atoms with Crippen molar-refractivity contribution in [3.63, 3.8) is 0 Å². The highest BCUT2D eigenvalue weighted by molar-refractivity contribution is 5.19. The number of hydrogen-bond acceptors (Lipinski definition) is 3. The first kappa shape index (κ1) is 16.7. The van der Waals surface area contributed by atoms with Crippen molar-refractivity contribution in [2.45, 2.75) is 39.0 Å². The molecule has 0 aliphatic rings. The van der Waals surface area contributed by atoms with Crippen molar-refractivity contribution >= 4 is 0 Å². The minimum atomic E-state index is -0.216. The van der Waals surface area contributed by atoms with Crippen LogP contribution in [0.25, 0.3) is 0 Å². The predicted octanol–water partition coefficient (Wildman–Crippen LogP) is 3.84. The molecule has 2 N–H and O–H groups in total. The lowest BCUT2D eigenvalue weighted by atomic mass is 10.1. The first-order valence-electron chi connectivity index (χ1n) is 7.78. The van der Waals surface area contributed by atoms with Crippen molar-refractivity contribution in [3.8, 4) is 0 Å². The van der Waals surface area contributed by atoms with Crippen LogP contribution in [0.2, 0.25) is 0 Å². The quantitative estimate of drug-likeness (QED) is 0.762. The lowest BCUT2D eigenvalue weighted by Gasteiger charge is -2.26. The highest BCUT2D eigenvalue weighted by Crippen LogP contribution is 2.14. The molecule has 118 valence electrons. The van der Waals surface area contributed by atoms with E-state index in [0.717, 1.165) is 13.1 Å². The molecule has 0 fully saturated rings. The summed E-state index contributed by atoms with van der Waals surface area (Å²) in [6, 6.07) is 20.9. The van der Waals surface area contributed by atoms with Crippen LogP contribution in [-0.4, -0.2) is 12.1 Å². The summed E-state index contributed by atoms with van der Waals surface area (Å²) in [4.78, 5) is 5.76. The summed E-state index contributed by atoms with van der Waals surface area (Å²) < 4.78 is 0. The third kappa shape index (κ3) is 5.98. The Kier molecular flexibility index (Phi) is 6.13. The molecular formula is C19H26N2O. The van der Waals surface area contributed by atoms with Crippen molar-refractivity contribution < 1.29 is 4.84 Å². The van der Waals surface area contributed by atoms with Gasteiger partial charge in [0.25, 0.3) is 0 Å². The largest absolute Gasteiger partial charge is 0.311 e. The highest BCUT2D eigenvalue weighted by Gasteiger charge is 2.16. The molecule has 1 atom stereocenters. The number of benzene rings is 2. The van der Waals surface area contributed by atoms with Gasteiger partial charge >= 0.3 is 0 Å². The minimum Gasteiger partial charge on any atom is -0.311 e. The smallest absolute Gasteiger partial charge is 0.0813 e. The molecule has 0 bridgehead atoms. The van der Waals surface area contributed by atoms with Gasteiger partial charge in [-0.05, 0) is 31.9 Å². The second-order valence-corrected chi connectivity index (χ2v) is 6.41. The Bertz CT molecular complexity index is 534. The fraction of sp³-hybridized carbons (Fsp3) is 0.368. The number of hydroxylamine groups is 1. The molecule has 3 nitrogen and oxygen atoms in total. The molecule has 1 unspecified atom stereocenters. The second-order valence-electron chi connectivity index (χ2n) is 6.41. The summed E-state index contributed by atoms with van der Waals surface area (Å²) in [5, 5.41) is 3.49. The van der Waals surface area contributed by atoms with Crippen LogP contribution in [0.1, 0.15) is 37.9 Å². The zero-order valence-corrected chi connectivity index (χ0v) is 13.7. The standard InChI is InChI=1S/C19H26N2O/c1-19(2,3)22-21-18(17-12-8-5-9-13-17)15-20-14-16-10-6-4-7-11-16/h4-13,18,20-21H,14-15H2,1-3H3. The van der Waals surface area contributed by atoms with Gasteiger partial charge in [0.2, 0.25) is 0 Å². The first-order chi connectivity index (χ1) is 10.5. The Labute approximate surface area is 133 Å². The molecule has 2 rings (SSSR count). The Morgan fingerprint density at radius 1 is 0.909 bits per heavy atom. The molecule has 0 heterocycles. The SMILES string of the molecule is CC(C)(C)ONC(CNCc1ccccc1)c1ccccc1. The van der Waals surface area contributed by atoms with Gasteiger partial charge < -0.3 is 5.32 Å². The van der Waals surface area contributed by atoms with E-state index in [4.69, 9.17) is 4.84 Å². The Hall–Kier alpha value is -1.68. The molecule has 0 saturated carbocycles. The van der Waals surface area contributed by atoms with Crippen LogP contribution < -0.4 is 10.8 Å². The van der Waals surface area contributed by atoms with Crippen molar-refractivity contribution in [1.82, 2.24) is 10.8 Å². The highest BCUT2D eigenvalue weighted by atomic mass is 16.7. The summed E-state index contributed by atoms with van der Waals surface area (Å²) in [6.45, 7) is 7.77. The molecule has 0 spiro atoms. The van der Waals surface area contributed by atoms with E-state index in [1.54, 1.807) is 0 Å². The molecule has 2 aromatic rings. The van der Waals surface area contributed by atoms with Gasteiger partial charge in [-0.3, -0.25) is 4.84 Å². The van der Waals surface area contributed by atoms with Gasteiger partial charge in [0, 0.05) is 13.1 Å². The molecule has 0 saturated heterocycles. The topological polar surface area (TPSA) is 33.3 Å². The summed E-state index contributed by atoms with van der Waals surface area (Å²) in [6.07, 6.45) is 0. The van der Waals surface area contributed by atoms with E-state index < -0.39 is 0 Å². The van der Waals surface area contributed by atoms with Crippen LogP contribution >= 0.6 is 0 Å². The summed E-state index contributed by atoms with van der Waals surface area (Å²) in [7, 11) is 0. The third-order valence-corrected chi connectivity index (χ3v) is 3.23. The van der Waals surface area contributed by atoms with Gasteiger partial charge in [0.15, 0.2) is 0 Å². The average Bonchev–Trinajstić information content (AvgIpc) is 2.51. The molecule has 2 aromatic carbocycles. The molecule has 0 aromatic heterocycles. The zero-order valence-electron chi connectivity index (χ0n) is 13.7. The average molecular weight is 298 g/mol. The molecule has 22 heavy (non-hydrogen) atoms. The second kappa shape index (κ2) is 8.08. The van der Waals surface area contributed by atoms with Gasteiger partial charge in [-0.25, -0.2) is 0 Å². The number of rotatable bonds is 7. The van der Waals surface area contributed by atoms with Gasteiger partial charge in [-0.2, -0.15) is 5.48 Å². The minimum absolute atomic E-state index is 0.115. The number of hydrogen-bond donors (Lipinski definition) is 2. The van der Waals surface area contributed by atoms with Crippen LogP contribution in [-0.2, 0) is 11.4 Å². The van der Waals surface area contributed by atoms with E-state index in [0.29, 0.717) is 0 Å². The third-order valence-electron chi connectivity index (χ3n) is 3.23. The van der Waals surface area contributed by atoms with E-state index in [-0.39, 0.29) is 11.6 Å². The van der Waals surface area contributed by atoms with Gasteiger partial charge in [-0.15, -0.1) is 0 Å². The maximum atomic E-state index is 5.76. The van der Waals surface area contributed by atoms with Crippen LogP contribution in [0.4, 0.5) is 0 Å². The van der Waals surface area contributed by atoms with E-state index in [9.17, 15) is 0 Å². The van der Waals surface area contributed by atoms with Crippen LogP contribution in [0.5, 0.6) is 0 Å². The summed E-state index contributed by atoms with van der Waals surface area (Å²) >= 11 is 0. The van der Waals surface area contributed by atoms with E-state index in [1.165, 1.54) is 11.1 Å². The van der Waals surface area contributed by atoms with E-state index in [2.05, 4.69) is 59.3 Å². The molecule has 0 aliphatic carbocycles. The molecule has 3 heteroatoms. The Balaban J connectivity index is 1.92. The van der Waals surface area contributed by atoms with Crippen molar-refractivity contribution in [3.05, 3.63) is 71.8 Å². The van der Waals surface area contributed by atoms with E-state index in [1.807, 2.05) is 32.9 Å². The Morgan fingerprint density at radius 2 is 1.50 bits per heavy atom. The van der Waals surface area contributed by atoms with E-state index >= 15 is 0 Å². The summed E-state index contributed by atoms with van der Waals surface area (Å²) in [5.41, 5.74) is 5.48. The molecule has 0 radical (unpaired) electrons. The van der Waals surface area contributed by atoms with Crippen LogP contribution in [0.15, 0.2) is 60.7 Å². The maximum absolute atomic E-state index is 5.76. The van der Waals surface area contributed by atoms with Crippen LogP contribution in [0, 0.1) is 0 Å². The zero-order chi connectivity index (χ0) is 15.8. The van der Waals surface area contributed by atoms with Crippen molar-refractivity contribution in [2.75, 3.05) is 6.54 Å². The lowest BCUT2D eigenvalue weighted by Crippen LogP contribution is -2.36. The lowest BCUT2D eigenvalue weighted by molar-refractivity contribution is -0.0888. The molecule has 0 aliphatic heterocycles. The summed E-state index contributed by atoms with van der Waals surface area (Å²) in [5.74, 6) is 0. The van der Waals surface area contributed by atoms with Gasteiger partial charge in [-0.1, -0.05) is 60.7 Å². The van der Waals surface area contributed by atoms with Gasteiger partial charge in [0.05, 0.1) is 11.6 Å². The Morgan fingerprint density at radius 3 is 2.09 bits per heavy atom. The molecular weight excluding hydrogens is 272 g/mol. The predicted molar refractivity (Wildman–Crippen MR) is 91.3 cm³/mol. The number of nitrogens with one attached hydrogen (secondary N) is 2. The van der Waals surface area contributed by atoms with Crippen LogP contribution in [0.3, 0.4) is 0 Å². The fourth-order valence-electron chi connectivity index (χ4n) is 2.12. The fourth-order valence-corrected chi connectivity index (χ4v) is 2.12.